The number of pyridine rings is 1. The summed E-state index contributed by atoms with van der Waals surface area (Å²) in [5.74, 6) is 0.210. The lowest BCUT2D eigenvalue weighted by atomic mass is 10.1. The van der Waals surface area contributed by atoms with Gasteiger partial charge in [0.1, 0.15) is 11.3 Å². The third-order valence-corrected chi connectivity index (χ3v) is 4.28. The van der Waals surface area contributed by atoms with Gasteiger partial charge in [-0.2, -0.15) is 0 Å². The predicted octanol–water partition coefficient (Wildman–Crippen LogP) is 2.89. The zero-order valence-corrected chi connectivity index (χ0v) is 14.9. The van der Waals surface area contributed by atoms with Crippen molar-refractivity contribution in [1.82, 2.24) is 10.3 Å². The fraction of sp³-hybridized carbons (Fsp3) is 0.250. The number of carbonyl (C=O) groups excluding carboxylic acids is 1. The molecular formula is C20H20N2O4. The van der Waals surface area contributed by atoms with E-state index in [-0.39, 0.29) is 11.5 Å². The highest BCUT2D eigenvalue weighted by Crippen LogP contribution is 2.24. The van der Waals surface area contributed by atoms with Crippen LogP contribution in [0.4, 0.5) is 0 Å². The second-order valence-electron chi connectivity index (χ2n) is 6.10. The van der Waals surface area contributed by atoms with E-state index in [0.717, 1.165) is 16.6 Å². The number of carbonyl (C=O) groups is 1. The highest BCUT2D eigenvalue weighted by Gasteiger charge is 2.16. The maximum atomic E-state index is 12.2. The van der Waals surface area contributed by atoms with E-state index in [1.54, 1.807) is 32.2 Å². The van der Waals surface area contributed by atoms with Gasteiger partial charge in [0, 0.05) is 23.2 Å². The molecule has 0 spiro atoms. The summed E-state index contributed by atoms with van der Waals surface area (Å²) in [7, 11) is 0. The first-order chi connectivity index (χ1) is 12.5. The van der Waals surface area contributed by atoms with Crippen LogP contribution in [-0.4, -0.2) is 17.0 Å². The second kappa shape index (κ2) is 7.39. The van der Waals surface area contributed by atoms with Crippen molar-refractivity contribution in [1.29, 1.82) is 0 Å². The number of benzene rings is 1. The summed E-state index contributed by atoms with van der Waals surface area (Å²) in [6.45, 7) is 5.61. The molecule has 0 aliphatic rings. The van der Waals surface area contributed by atoms with Crippen LogP contribution in [0.25, 0.3) is 11.0 Å². The van der Waals surface area contributed by atoms with Crippen molar-refractivity contribution in [2.75, 3.05) is 0 Å². The molecule has 0 aliphatic heterocycles. The van der Waals surface area contributed by atoms with Crippen molar-refractivity contribution in [3.05, 3.63) is 69.8 Å². The van der Waals surface area contributed by atoms with Crippen molar-refractivity contribution in [3.63, 3.8) is 0 Å². The summed E-state index contributed by atoms with van der Waals surface area (Å²) in [5, 5.41) is 3.63. The number of hydrogen-bond donors (Lipinski definition) is 1. The molecule has 6 nitrogen and oxygen atoms in total. The molecule has 0 radical (unpaired) electrons. The summed E-state index contributed by atoms with van der Waals surface area (Å²) in [6, 6.07) is 10.7. The molecule has 1 amide bonds. The third-order valence-electron chi connectivity index (χ3n) is 4.28. The summed E-state index contributed by atoms with van der Waals surface area (Å²) in [4.78, 5) is 28.2. The van der Waals surface area contributed by atoms with Crippen molar-refractivity contribution >= 4 is 16.9 Å². The fourth-order valence-corrected chi connectivity index (χ4v) is 2.58. The smallest absolute Gasteiger partial charge is 0.339 e. The molecule has 1 aromatic carbocycles. The van der Waals surface area contributed by atoms with Crippen molar-refractivity contribution < 1.29 is 13.9 Å². The minimum Gasteiger partial charge on any atom is -0.481 e. The molecule has 3 aromatic rings. The molecule has 0 aliphatic carbocycles. The van der Waals surface area contributed by atoms with E-state index < -0.39 is 6.10 Å². The molecule has 0 bridgehead atoms. The zero-order valence-electron chi connectivity index (χ0n) is 14.9. The van der Waals surface area contributed by atoms with Crippen molar-refractivity contribution in [3.8, 4) is 5.75 Å². The van der Waals surface area contributed by atoms with Crippen LogP contribution in [0.2, 0.25) is 0 Å². The van der Waals surface area contributed by atoms with E-state index in [1.807, 2.05) is 31.2 Å². The van der Waals surface area contributed by atoms with E-state index in [2.05, 4.69) is 10.3 Å². The monoisotopic (exact) mass is 352 g/mol. The minimum absolute atomic E-state index is 0.253. The Morgan fingerprint density at radius 1 is 1.23 bits per heavy atom. The van der Waals surface area contributed by atoms with Crippen LogP contribution in [0, 0.1) is 13.8 Å². The largest absolute Gasteiger partial charge is 0.481 e. The first-order valence-corrected chi connectivity index (χ1v) is 8.34. The highest BCUT2D eigenvalue weighted by atomic mass is 16.5. The Morgan fingerprint density at radius 2 is 2.04 bits per heavy atom. The van der Waals surface area contributed by atoms with Gasteiger partial charge in [-0.15, -0.1) is 0 Å². The van der Waals surface area contributed by atoms with Gasteiger partial charge in [-0.25, -0.2) is 4.79 Å². The molecule has 1 N–H and O–H groups in total. The Bertz CT molecular complexity index is 996. The molecule has 26 heavy (non-hydrogen) atoms. The SMILES string of the molecule is Cc1c(C)c2ccc(O[C@H](C)C(=O)NCc3ccccn3)cc2oc1=O. The summed E-state index contributed by atoms with van der Waals surface area (Å²) in [6.07, 6.45) is 0.975. The average molecular weight is 352 g/mol. The quantitative estimate of drug-likeness (QED) is 0.714. The Hall–Kier alpha value is -3.15. The molecule has 0 saturated heterocycles. The number of nitrogens with zero attached hydrogens (tertiary/aromatic N) is 1. The topological polar surface area (TPSA) is 81.4 Å². The van der Waals surface area contributed by atoms with Crippen molar-refractivity contribution in [2.45, 2.75) is 33.4 Å². The molecule has 134 valence electrons. The van der Waals surface area contributed by atoms with Crippen LogP contribution >= 0.6 is 0 Å². The number of nitrogens with one attached hydrogen (secondary N) is 1. The van der Waals surface area contributed by atoms with Gasteiger partial charge in [-0.1, -0.05) is 6.07 Å². The number of aryl methyl sites for hydroxylation is 1. The number of amides is 1. The maximum absolute atomic E-state index is 12.2. The normalized spacial score (nSPS) is 12.0. The lowest BCUT2D eigenvalue weighted by Gasteiger charge is -2.15. The van der Waals surface area contributed by atoms with E-state index in [4.69, 9.17) is 9.15 Å². The zero-order chi connectivity index (χ0) is 18.7. The van der Waals surface area contributed by atoms with E-state index in [1.165, 1.54) is 0 Å². The Labute approximate surface area is 150 Å². The average Bonchev–Trinajstić information content (AvgIpc) is 2.65. The first kappa shape index (κ1) is 17.7. The van der Waals surface area contributed by atoms with Gasteiger partial charge in [0.05, 0.1) is 12.2 Å². The summed E-state index contributed by atoms with van der Waals surface area (Å²) >= 11 is 0. The van der Waals surface area contributed by atoms with E-state index in [9.17, 15) is 9.59 Å². The molecule has 2 heterocycles. The minimum atomic E-state index is -0.700. The van der Waals surface area contributed by atoms with Crippen LogP contribution in [-0.2, 0) is 11.3 Å². The second-order valence-corrected chi connectivity index (χ2v) is 6.10. The molecule has 0 fully saturated rings. The fourth-order valence-electron chi connectivity index (χ4n) is 2.58. The van der Waals surface area contributed by atoms with Gasteiger partial charge < -0.3 is 14.5 Å². The molecule has 0 unspecified atom stereocenters. The van der Waals surface area contributed by atoms with Gasteiger partial charge in [-0.05, 0) is 50.6 Å². The molecule has 2 aromatic heterocycles. The van der Waals surface area contributed by atoms with Crippen LogP contribution in [0.1, 0.15) is 23.7 Å². The maximum Gasteiger partial charge on any atom is 0.339 e. The van der Waals surface area contributed by atoms with Gasteiger partial charge in [0.25, 0.3) is 5.91 Å². The number of fused-ring (bicyclic) bond motifs is 1. The Kier molecular flexibility index (Phi) is 5.02. The van der Waals surface area contributed by atoms with Crippen LogP contribution in [0.3, 0.4) is 0 Å². The first-order valence-electron chi connectivity index (χ1n) is 8.34. The van der Waals surface area contributed by atoms with E-state index in [0.29, 0.717) is 23.4 Å². The van der Waals surface area contributed by atoms with E-state index >= 15 is 0 Å². The summed E-state index contributed by atoms with van der Waals surface area (Å²) < 4.78 is 11.0. The van der Waals surface area contributed by atoms with Gasteiger partial charge in [0.15, 0.2) is 6.10 Å². The number of aromatic nitrogens is 1. The number of hydrogen-bond acceptors (Lipinski definition) is 5. The molecule has 6 heteroatoms. The molecule has 3 rings (SSSR count). The lowest BCUT2D eigenvalue weighted by Crippen LogP contribution is -2.36. The van der Waals surface area contributed by atoms with Gasteiger partial charge >= 0.3 is 5.63 Å². The standard InChI is InChI=1S/C20H20N2O4/c1-12-13(2)20(24)26-18-10-16(7-8-17(12)18)25-14(3)19(23)22-11-15-6-4-5-9-21-15/h4-10,14H,11H2,1-3H3,(H,22,23)/t14-/m1/s1. The Morgan fingerprint density at radius 3 is 2.77 bits per heavy atom. The third kappa shape index (κ3) is 3.74. The lowest BCUT2D eigenvalue weighted by molar-refractivity contribution is -0.127. The van der Waals surface area contributed by atoms with Crippen LogP contribution < -0.4 is 15.7 Å². The van der Waals surface area contributed by atoms with Gasteiger partial charge in [-0.3, -0.25) is 9.78 Å². The molecule has 1 atom stereocenters. The number of ether oxygens (including phenoxy) is 1. The molecular weight excluding hydrogens is 332 g/mol. The van der Waals surface area contributed by atoms with Crippen LogP contribution in [0.15, 0.2) is 51.8 Å². The summed E-state index contributed by atoms with van der Waals surface area (Å²) in [5.41, 5.74) is 2.31. The van der Waals surface area contributed by atoms with Crippen LogP contribution in [0.5, 0.6) is 5.75 Å². The Balaban J connectivity index is 1.70. The number of rotatable bonds is 5. The van der Waals surface area contributed by atoms with Gasteiger partial charge in [0.2, 0.25) is 0 Å². The predicted molar refractivity (Wildman–Crippen MR) is 98.1 cm³/mol. The molecule has 0 saturated carbocycles. The van der Waals surface area contributed by atoms with Crippen molar-refractivity contribution in [2.24, 2.45) is 0 Å². The highest BCUT2D eigenvalue weighted by molar-refractivity contribution is 5.83.